The molecule has 2 heterocycles. The average Bonchev–Trinajstić information content (AvgIpc) is 2.81. The van der Waals surface area contributed by atoms with Crippen LogP contribution < -0.4 is 0 Å². The summed E-state index contributed by atoms with van der Waals surface area (Å²) in [6, 6.07) is 1.35. The summed E-state index contributed by atoms with van der Waals surface area (Å²) in [5.74, 6) is -0.913. The lowest BCUT2D eigenvalue weighted by Gasteiger charge is -1.91. The van der Waals surface area contributed by atoms with Gasteiger partial charge in [0.25, 0.3) is 0 Å². The molecule has 0 spiro atoms. The topological polar surface area (TPSA) is 97.5 Å². The van der Waals surface area contributed by atoms with Crippen LogP contribution in [0.1, 0.15) is 15.4 Å². The molecule has 0 unspecified atom stereocenters. The first-order chi connectivity index (χ1) is 8.35. The first-order valence-electron chi connectivity index (χ1n) is 4.79. The highest BCUT2D eigenvalue weighted by molar-refractivity contribution is 7.90. The van der Waals surface area contributed by atoms with Gasteiger partial charge in [-0.1, -0.05) is 0 Å². The predicted molar refractivity (Wildman–Crippen MR) is 65.3 cm³/mol. The molecule has 0 fully saturated rings. The number of aromatic carboxylic acids is 1. The van der Waals surface area contributed by atoms with Crippen LogP contribution >= 0.6 is 11.3 Å². The molecule has 2 rings (SSSR count). The normalized spacial score (nSPS) is 11.6. The average molecular weight is 287 g/mol. The molecule has 18 heavy (non-hydrogen) atoms. The highest BCUT2D eigenvalue weighted by atomic mass is 32.2. The molecule has 8 heteroatoms. The third-order valence-corrected chi connectivity index (χ3v) is 3.87. The van der Waals surface area contributed by atoms with Gasteiger partial charge in [-0.05, 0) is 0 Å². The fraction of sp³-hybridized carbons (Fsp3) is 0.200. The highest BCUT2D eigenvalue weighted by Gasteiger charge is 2.14. The van der Waals surface area contributed by atoms with E-state index in [0.29, 0.717) is 16.5 Å². The van der Waals surface area contributed by atoms with E-state index in [1.165, 1.54) is 17.4 Å². The van der Waals surface area contributed by atoms with Crippen molar-refractivity contribution in [3.63, 3.8) is 0 Å². The van der Waals surface area contributed by atoms with Crippen LogP contribution in [-0.4, -0.2) is 30.7 Å². The van der Waals surface area contributed by atoms with Crippen LogP contribution in [-0.2, 0) is 15.6 Å². The van der Waals surface area contributed by atoms with Crippen molar-refractivity contribution in [2.24, 2.45) is 0 Å². The maximum Gasteiger partial charge on any atom is 0.338 e. The maximum atomic E-state index is 11.1. The second-order valence-electron chi connectivity index (χ2n) is 3.70. The Morgan fingerprint density at radius 2 is 2.28 bits per heavy atom. The molecule has 0 radical (unpaired) electrons. The Morgan fingerprint density at radius 3 is 2.83 bits per heavy atom. The van der Waals surface area contributed by atoms with Gasteiger partial charge < -0.3 is 9.52 Å². The molecule has 0 atom stereocenters. The Morgan fingerprint density at radius 1 is 1.56 bits per heavy atom. The minimum atomic E-state index is -3.13. The van der Waals surface area contributed by atoms with E-state index in [9.17, 15) is 13.2 Å². The fourth-order valence-corrected chi connectivity index (χ4v) is 3.29. The summed E-state index contributed by atoms with van der Waals surface area (Å²) in [6.07, 6.45) is 2.25. The number of carboxylic acid groups (broad SMARTS) is 1. The quantitative estimate of drug-likeness (QED) is 0.918. The smallest absolute Gasteiger partial charge is 0.338 e. The van der Waals surface area contributed by atoms with Gasteiger partial charge in [-0.3, -0.25) is 0 Å². The molecule has 0 aromatic carbocycles. The van der Waals surface area contributed by atoms with E-state index in [1.54, 1.807) is 5.38 Å². The molecular weight excluding hydrogens is 278 g/mol. The van der Waals surface area contributed by atoms with Gasteiger partial charge in [0.1, 0.15) is 22.7 Å². The zero-order valence-electron chi connectivity index (χ0n) is 9.28. The molecule has 0 bridgehead atoms. The van der Waals surface area contributed by atoms with Crippen LogP contribution in [0.15, 0.2) is 22.1 Å². The van der Waals surface area contributed by atoms with Crippen LogP contribution in [0.2, 0.25) is 0 Å². The van der Waals surface area contributed by atoms with Crippen molar-refractivity contribution in [1.82, 2.24) is 4.98 Å². The third kappa shape index (κ3) is 2.96. The third-order valence-electron chi connectivity index (χ3n) is 2.04. The number of carboxylic acids is 1. The van der Waals surface area contributed by atoms with E-state index < -0.39 is 15.8 Å². The zero-order valence-corrected chi connectivity index (χ0v) is 10.9. The molecule has 6 nitrogen and oxygen atoms in total. The predicted octanol–water partition coefficient (Wildman–Crippen LogP) is 1.65. The van der Waals surface area contributed by atoms with Crippen molar-refractivity contribution >= 4 is 27.1 Å². The van der Waals surface area contributed by atoms with Crippen molar-refractivity contribution < 1.29 is 22.7 Å². The molecule has 0 amide bonds. The van der Waals surface area contributed by atoms with Crippen LogP contribution in [0.4, 0.5) is 0 Å². The van der Waals surface area contributed by atoms with Crippen molar-refractivity contribution in [2.45, 2.75) is 5.75 Å². The summed E-state index contributed by atoms with van der Waals surface area (Å²) in [6.45, 7) is 0. The van der Waals surface area contributed by atoms with Crippen molar-refractivity contribution in [2.75, 3.05) is 6.26 Å². The van der Waals surface area contributed by atoms with E-state index in [1.807, 2.05) is 0 Å². The number of aromatic nitrogens is 1. The molecule has 96 valence electrons. The molecule has 2 aromatic heterocycles. The summed E-state index contributed by atoms with van der Waals surface area (Å²) in [4.78, 5) is 14.8. The second kappa shape index (κ2) is 4.54. The standard InChI is InChI=1S/C10H9NO5S2/c1-18(14,15)5-9-11-7(4-17-9)8-2-6(3-16-8)10(12)13/h2-4H,5H2,1H3,(H,12,13). The Hall–Kier alpha value is -1.67. The van der Waals surface area contributed by atoms with Gasteiger partial charge in [0, 0.05) is 17.7 Å². The number of hydrogen-bond donors (Lipinski definition) is 1. The lowest BCUT2D eigenvalue weighted by atomic mass is 10.3. The molecule has 0 aliphatic carbocycles. The van der Waals surface area contributed by atoms with Gasteiger partial charge >= 0.3 is 5.97 Å². The van der Waals surface area contributed by atoms with Crippen LogP contribution in [0.3, 0.4) is 0 Å². The van der Waals surface area contributed by atoms with Crippen molar-refractivity contribution in [3.05, 3.63) is 28.3 Å². The van der Waals surface area contributed by atoms with Crippen molar-refractivity contribution in [3.8, 4) is 11.5 Å². The summed E-state index contributed by atoms with van der Waals surface area (Å²) in [7, 11) is -3.13. The van der Waals surface area contributed by atoms with E-state index in [2.05, 4.69) is 4.98 Å². The number of thiazole rings is 1. The van der Waals surface area contributed by atoms with Crippen LogP contribution in [0.25, 0.3) is 11.5 Å². The minimum absolute atomic E-state index is 0.0302. The Labute approximate surface area is 107 Å². The number of furan rings is 1. The SMILES string of the molecule is CS(=O)(=O)Cc1nc(-c2cc(C(=O)O)co2)cs1. The molecule has 0 aliphatic rings. The van der Waals surface area contributed by atoms with E-state index in [-0.39, 0.29) is 11.3 Å². The summed E-state index contributed by atoms with van der Waals surface area (Å²) >= 11 is 1.19. The summed E-state index contributed by atoms with van der Waals surface area (Å²) < 4.78 is 27.3. The Kier molecular flexibility index (Phi) is 3.22. The Balaban J connectivity index is 2.26. The van der Waals surface area contributed by atoms with Gasteiger partial charge in [-0.2, -0.15) is 0 Å². The lowest BCUT2D eigenvalue weighted by molar-refractivity contribution is 0.0696. The number of sulfone groups is 1. The zero-order chi connectivity index (χ0) is 13.3. The largest absolute Gasteiger partial charge is 0.478 e. The molecule has 2 aromatic rings. The monoisotopic (exact) mass is 287 g/mol. The number of hydrogen-bond acceptors (Lipinski definition) is 6. The first-order valence-corrected chi connectivity index (χ1v) is 7.73. The van der Waals surface area contributed by atoms with Gasteiger partial charge in [0.05, 0.1) is 5.56 Å². The van der Waals surface area contributed by atoms with Crippen molar-refractivity contribution in [1.29, 1.82) is 0 Å². The van der Waals surface area contributed by atoms with E-state index in [0.717, 1.165) is 12.5 Å². The van der Waals surface area contributed by atoms with Gasteiger partial charge in [-0.15, -0.1) is 11.3 Å². The molecular formula is C10H9NO5S2. The van der Waals surface area contributed by atoms with E-state index in [4.69, 9.17) is 9.52 Å². The fourth-order valence-electron chi connectivity index (χ4n) is 1.30. The summed E-state index contributed by atoms with van der Waals surface area (Å²) in [5, 5.41) is 10.8. The van der Waals surface area contributed by atoms with Gasteiger partial charge in [-0.25, -0.2) is 18.2 Å². The second-order valence-corrected chi connectivity index (χ2v) is 6.78. The molecule has 1 N–H and O–H groups in total. The van der Waals surface area contributed by atoms with Crippen LogP contribution in [0.5, 0.6) is 0 Å². The number of nitrogens with zero attached hydrogens (tertiary/aromatic N) is 1. The summed E-state index contributed by atoms with van der Waals surface area (Å²) in [5.41, 5.74) is 0.466. The van der Waals surface area contributed by atoms with Gasteiger partial charge in [0.15, 0.2) is 15.6 Å². The molecule has 0 saturated carbocycles. The number of carbonyl (C=O) groups is 1. The Bertz CT molecular complexity index is 683. The minimum Gasteiger partial charge on any atom is -0.478 e. The highest BCUT2D eigenvalue weighted by Crippen LogP contribution is 2.24. The maximum absolute atomic E-state index is 11.1. The lowest BCUT2D eigenvalue weighted by Crippen LogP contribution is -1.99. The first kappa shape index (κ1) is 12.8. The van der Waals surface area contributed by atoms with Crippen LogP contribution in [0, 0.1) is 0 Å². The number of rotatable bonds is 4. The van der Waals surface area contributed by atoms with Gasteiger partial charge in [0.2, 0.25) is 0 Å². The molecule has 0 saturated heterocycles. The molecule has 0 aliphatic heterocycles. The van der Waals surface area contributed by atoms with E-state index >= 15 is 0 Å².